The quantitative estimate of drug-likeness (QED) is 0.671. The standard InChI is InChI=1S/C18H16N2O2/c1-12-6-7-17(13(2)8-12)20-18(22)15(11-19)9-14-4-3-5-16(21)10-14/h3-10,21H,1-2H3,(H,20,22)/b15-9+. The Morgan fingerprint density at radius 3 is 2.64 bits per heavy atom. The predicted octanol–water partition coefficient (Wildman–Crippen LogP) is 3.55. The molecule has 2 aromatic carbocycles. The molecule has 0 bridgehead atoms. The normalized spacial score (nSPS) is 10.9. The van der Waals surface area contributed by atoms with Crippen LogP contribution in [0.4, 0.5) is 5.69 Å². The van der Waals surface area contributed by atoms with Gasteiger partial charge in [0.2, 0.25) is 0 Å². The van der Waals surface area contributed by atoms with Gasteiger partial charge in [0.25, 0.3) is 5.91 Å². The molecule has 0 heterocycles. The zero-order chi connectivity index (χ0) is 16.1. The Labute approximate surface area is 129 Å². The fourth-order valence-corrected chi connectivity index (χ4v) is 2.07. The van der Waals surface area contributed by atoms with E-state index in [1.165, 1.54) is 18.2 Å². The van der Waals surface area contributed by atoms with E-state index in [1.807, 2.05) is 38.1 Å². The smallest absolute Gasteiger partial charge is 0.266 e. The van der Waals surface area contributed by atoms with Crippen LogP contribution in [0.25, 0.3) is 6.08 Å². The van der Waals surface area contributed by atoms with Gasteiger partial charge < -0.3 is 10.4 Å². The van der Waals surface area contributed by atoms with E-state index in [4.69, 9.17) is 0 Å². The lowest BCUT2D eigenvalue weighted by Gasteiger charge is -2.08. The average Bonchev–Trinajstić information content (AvgIpc) is 2.47. The number of phenols is 1. The fraction of sp³-hybridized carbons (Fsp3) is 0.111. The van der Waals surface area contributed by atoms with Crippen LogP contribution in [0.2, 0.25) is 0 Å². The van der Waals surface area contributed by atoms with Gasteiger partial charge in [0.1, 0.15) is 17.4 Å². The Morgan fingerprint density at radius 1 is 1.23 bits per heavy atom. The number of carbonyl (C=O) groups excluding carboxylic acids is 1. The molecule has 0 aliphatic heterocycles. The van der Waals surface area contributed by atoms with Gasteiger partial charge in [0, 0.05) is 5.69 Å². The molecular formula is C18H16N2O2. The number of nitrogens with one attached hydrogen (secondary N) is 1. The second kappa shape index (κ2) is 6.59. The van der Waals surface area contributed by atoms with Crippen molar-refractivity contribution in [2.75, 3.05) is 5.32 Å². The molecule has 2 rings (SSSR count). The van der Waals surface area contributed by atoms with Crippen molar-refractivity contribution in [3.63, 3.8) is 0 Å². The minimum absolute atomic E-state index is 0.0226. The molecule has 0 aliphatic rings. The number of nitrogens with zero attached hydrogens (tertiary/aromatic N) is 1. The number of anilines is 1. The Balaban J connectivity index is 2.24. The lowest BCUT2D eigenvalue weighted by atomic mass is 10.1. The van der Waals surface area contributed by atoms with E-state index in [2.05, 4.69) is 5.32 Å². The van der Waals surface area contributed by atoms with E-state index in [1.54, 1.807) is 12.1 Å². The van der Waals surface area contributed by atoms with Crippen molar-refractivity contribution in [2.45, 2.75) is 13.8 Å². The molecule has 0 radical (unpaired) electrons. The topological polar surface area (TPSA) is 73.1 Å². The molecule has 2 aromatic rings. The number of amides is 1. The molecule has 0 atom stereocenters. The van der Waals surface area contributed by atoms with E-state index in [0.717, 1.165) is 11.1 Å². The number of aryl methyl sites for hydroxylation is 2. The first kappa shape index (κ1) is 15.3. The SMILES string of the molecule is Cc1ccc(NC(=O)/C(C#N)=C/c2cccc(O)c2)c(C)c1. The summed E-state index contributed by atoms with van der Waals surface area (Å²) in [5, 5.41) is 21.3. The summed E-state index contributed by atoms with van der Waals surface area (Å²) < 4.78 is 0. The van der Waals surface area contributed by atoms with Crippen molar-refractivity contribution in [2.24, 2.45) is 0 Å². The predicted molar refractivity (Wildman–Crippen MR) is 86.2 cm³/mol. The van der Waals surface area contributed by atoms with E-state index in [0.29, 0.717) is 11.3 Å². The first-order valence-corrected chi connectivity index (χ1v) is 6.79. The van der Waals surface area contributed by atoms with Crippen molar-refractivity contribution in [1.29, 1.82) is 5.26 Å². The molecule has 0 unspecified atom stereocenters. The highest BCUT2D eigenvalue weighted by Crippen LogP contribution is 2.18. The number of rotatable bonds is 3. The molecule has 0 spiro atoms. The lowest BCUT2D eigenvalue weighted by molar-refractivity contribution is -0.112. The van der Waals surface area contributed by atoms with Crippen LogP contribution in [-0.2, 0) is 4.79 Å². The first-order chi connectivity index (χ1) is 10.5. The Kier molecular flexibility index (Phi) is 4.60. The summed E-state index contributed by atoms with van der Waals surface area (Å²) in [7, 11) is 0. The number of nitriles is 1. The Bertz CT molecular complexity index is 786. The van der Waals surface area contributed by atoms with Crippen LogP contribution in [-0.4, -0.2) is 11.0 Å². The van der Waals surface area contributed by atoms with Crippen LogP contribution in [0.5, 0.6) is 5.75 Å². The van der Waals surface area contributed by atoms with Crippen molar-refractivity contribution in [3.8, 4) is 11.8 Å². The van der Waals surface area contributed by atoms with Gasteiger partial charge in [-0.1, -0.05) is 29.8 Å². The highest BCUT2D eigenvalue weighted by molar-refractivity contribution is 6.10. The van der Waals surface area contributed by atoms with E-state index in [9.17, 15) is 15.2 Å². The highest BCUT2D eigenvalue weighted by Gasteiger charge is 2.11. The third kappa shape index (κ3) is 3.74. The summed E-state index contributed by atoms with van der Waals surface area (Å²) in [5.74, 6) is -0.390. The number of phenolic OH excluding ortho intramolecular Hbond substituents is 1. The molecule has 2 N–H and O–H groups in total. The summed E-state index contributed by atoms with van der Waals surface area (Å²) >= 11 is 0. The van der Waals surface area contributed by atoms with E-state index >= 15 is 0 Å². The molecule has 0 saturated carbocycles. The van der Waals surface area contributed by atoms with Crippen LogP contribution in [0.15, 0.2) is 48.0 Å². The molecule has 110 valence electrons. The number of benzene rings is 2. The highest BCUT2D eigenvalue weighted by atomic mass is 16.3. The lowest BCUT2D eigenvalue weighted by Crippen LogP contribution is -2.14. The van der Waals surface area contributed by atoms with Crippen LogP contribution < -0.4 is 5.32 Å². The van der Waals surface area contributed by atoms with Gasteiger partial charge in [0.05, 0.1) is 0 Å². The van der Waals surface area contributed by atoms with E-state index < -0.39 is 5.91 Å². The second-order valence-electron chi connectivity index (χ2n) is 5.04. The third-order valence-corrected chi connectivity index (χ3v) is 3.18. The van der Waals surface area contributed by atoms with Crippen molar-refractivity contribution >= 4 is 17.7 Å². The average molecular weight is 292 g/mol. The number of carbonyl (C=O) groups is 1. The minimum Gasteiger partial charge on any atom is -0.508 e. The number of aromatic hydroxyl groups is 1. The summed E-state index contributed by atoms with van der Waals surface area (Å²) in [6, 6.07) is 13.9. The van der Waals surface area contributed by atoms with Gasteiger partial charge in [-0.2, -0.15) is 5.26 Å². The Hall–Kier alpha value is -3.06. The minimum atomic E-state index is -0.474. The maximum Gasteiger partial charge on any atom is 0.266 e. The monoisotopic (exact) mass is 292 g/mol. The van der Waals surface area contributed by atoms with Gasteiger partial charge in [-0.3, -0.25) is 4.79 Å². The second-order valence-corrected chi connectivity index (χ2v) is 5.04. The maximum atomic E-state index is 12.2. The molecule has 4 heteroatoms. The summed E-state index contributed by atoms with van der Waals surface area (Å²) in [6.45, 7) is 3.87. The first-order valence-electron chi connectivity index (χ1n) is 6.79. The van der Waals surface area contributed by atoms with Gasteiger partial charge >= 0.3 is 0 Å². The zero-order valence-electron chi connectivity index (χ0n) is 12.4. The summed E-state index contributed by atoms with van der Waals surface area (Å²) in [4.78, 5) is 12.2. The number of hydrogen-bond donors (Lipinski definition) is 2. The van der Waals surface area contributed by atoms with Gasteiger partial charge in [-0.05, 0) is 49.2 Å². The fourth-order valence-electron chi connectivity index (χ4n) is 2.07. The van der Waals surface area contributed by atoms with E-state index in [-0.39, 0.29) is 11.3 Å². The van der Waals surface area contributed by atoms with Crippen molar-refractivity contribution in [3.05, 3.63) is 64.7 Å². The zero-order valence-corrected chi connectivity index (χ0v) is 12.4. The third-order valence-electron chi connectivity index (χ3n) is 3.18. The summed E-state index contributed by atoms with van der Waals surface area (Å²) in [6.07, 6.45) is 1.44. The van der Waals surface area contributed by atoms with Crippen LogP contribution >= 0.6 is 0 Å². The molecule has 0 aliphatic carbocycles. The largest absolute Gasteiger partial charge is 0.508 e. The van der Waals surface area contributed by atoms with Crippen molar-refractivity contribution < 1.29 is 9.90 Å². The van der Waals surface area contributed by atoms with Crippen LogP contribution in [0.1, 0.15) is 16.7 Å². The molecule has 22 heavy (non-hydrogen) atoms. The molecule has 0 fully saturated rings. The number of hydrogen-bond acceptors (Lipinski definition) is 3. The van der Waals surface area contributed by atoms with Crippen LogP contribution in [0, 0.1) is 25.2 Å². The van der Waals surface area contributed by atoms with Crippen LogP contribution in [0.3, 0.4) is 0 Å². The molecular weight excluding hydrogens is 276 g/mol. The Morgan fingerprint density at radius 2 is 2.00 bits per heavy atom. The molecule has 1 amide bonds. The molecule has 4 nitrogen and oxygen atoms in total. The molecule has 0 aromatic heterocycles. The molecule has 0 saturated heterocycles. The van der Waals surface area contributed by atoms with Crippen molar-refractivity contribution in [1.82, 2.24) is 0 Å². The maximum absolute atomic E-state index is 12.2. The summed E-state index contributed by atoms with van der Waals surface area (Å²) in [5.41, 5.74) is 3.28. The van der Waals surface area contributed by atoms with Gasteiger partial charge in [-0.25, -0.2) is 0 Å². The van der Waals surface area contributed by atoms with Gasteiger partial charge in [0.15, 0.2) is 0 Å². The van der Waals surface area contributed by atoms with Gasteiger partial charge in [-0.15, -0.1) is 0 Å².